The van der Waals surface area contributed by atoms with Gasteiger partial charge in [-0.2, -0.15) is 0 Å². The molecule has 2 amide bonds. The van der Waals surface area contributed by atoms with Crippen LogP contribution in [0.5, 0.6) is 0 Å². The Morgan fingerprint density at radius 1 is 1.21 bits per heavy atom. The van der Waals surface area contributed by atoms with Gasteiger partial charge in [0.2, 0.25) is 0 Å². The van der Waals surface area contributed by atoms with Crippen LogP contribution in [0.2, 0.25) is 0 Å². The highest BCUT2D eigenvalue weighted by atomic mass is 16.2. The van der Waals surface area contributed by atoms with Crippen molar-refractivity contribution < 1.29 is 4.79 Å². The minimum absolute atomic E-state index is 0.0868. The predicted octanol–water partition coefficient (Wildman–Crippen LogP) is 4.29. The van der Waals surface area contributed by atoms with E-state index in [2.05, 4.69) is 51.3 Å². The molecule has 0 saturated heterocycles. The van der Waals surface area contributed by atoms with Crippen molar-refractivity contribution >= 4 is 11.7 Å². The Kier molecular flexibility index (Phi) is 5.40. The molecule has 0 aromatic heterocycles. The molecule has 0 radical (unpaired) electrons. The van der Waals surface area contributed by atoms with E-state index in [0.29, 0.717) is 0 Å². The van der Waals surface area contributed by atoms with Gasteiger partial charge in [-0.05, 0) is 36.0 Å². The number of amides is 2. The van der Waals surface area contributed by atoms with E-state index in [1.54, 1.807) is 0 Å². The van der Waals surface area contributed by atoms with E-state index in [1.807, 2.05) is 18.2 Å². The van der Waals surface area contributed by atoms with Crippen molar-refractivity contribution in [3.8, 4) is 0 Å². The van der Waals surface area contributed by atoms with E-state index in [-0.39, 0.29) is 17.5 Å². The quantitative estimate of drug-likeness (QED) is 0.834. The van der Waals surface area contributed by atoms with Crippen LogP contribution in [0.25, 0.3) is 0 Å². The Hall–Kier alpha value is -1.51. The fourth-order valence-corrected chi connectivity index (χ4v) is 1.91. The molecule has 3 nitrogen and oxygen atoms in total. The van der Waals surface area contributed by atoms with Gasteiger partial charge in [-0.1, -0.05) is 46.8 Å². The van der Waals surface area contributed by atoms with Gasteiger partial charge >= 0.3 is 6.03 Å². The van der Waals surface area contributed by atoms with Gasteiger partial charge in [-0.15, -0.1) is 0 Å². The van der Waals surface area contributed by atoms with Gasteiger partial charge in [-0.3, -0.25) is 0 Å². The second-order valence-corrected chi connectivity index (χ2v) is 5.94. The summed E-state index contributed by atoms with van der Waals surface area (Å²) in [5.74, 6) is 0. The van der Waals surface area contributed by atoms with Gasteiger partial charge in [0.15, 0.2) is 0 Å². The molecule has 0 aliphatic rings. The maximum absolute atomic E-state index is 11.9. The van der Waals surface area contributed by atoms with Crippen molar-refractivity contribution in [1.29, 1.82) is 0 Å². The molecule has 0 unspecified atom stereocenters. The van der Waals surface area contributed by atoms with Crippen LogP contribution < -0.4 is 10.6 Å². The highest BCUT2D eigenvalue weighted by Gasteiger charge is 2.14. The Morgan fingerprint density at radius 3 is 2.37 bits per heavy atom. The van der Waals surface area contributed by atoms with Gasteiger partial charge in [0.05, 0.1) is 0 Å². The zero-order valence-corrected chi connectivity index (χ0v) is 12.7. The number of anilines is 1. The van der Waals surface area contributed by atoms with Crippen molar-refractivity contribution in [3.05, 3.63) is 29.8 Å². The number of benzene rings is 1. The molecule has 2 N–H and O–H groups in total. The average Bonchev–Trinajstić information content (AvgIpc) is 2.35. The molecule has 0 heterocycles. The molecular weight excluding hydrogens is 236 g/mol. The average molecular weight is 262 g/mol. The number of hydrogen-bond acceptors (Lipinski definition) is 1. The van der Waals surface area contributed by atoms with Crippen molar-refractivity contribution in [2.24, 2.45) is 0 Å². The minimum Gasteiger partial charge on any atom is -0.335 e. The van der Waals surface area contributed by atoms with Crippen molar-refractivity contribution in [1.82, 2.24) is 5.32 Å². The molecular formula is C16H26N2O. The monoisotopic (exact) mass is 262 g/mol. The maximum atomic E-state index is 11.9. The Morgan fingerprint density at radius 2 is 1.84 bits per heavy atom. The van der Waals surface area contributed by atoms with Crippen molar-refractivity contribution in [2.45, 2.75) is 58.9 Å². The van der Waals surface area contributed by atoms with Crippen LogP contribution in [0, 0.1) is 0 Å². The van der Waals surface area contributed by atoms with E-state index >= 15 is 0 Å². The van der Waals surface area contributed by atoms with E-state index in [9.17, 15) is 4.79 Å². The van der Waals surface area contributed by atoms with Gasteiger partial charge in [-0.25, -0.2) is 4.79 Å². The molecule has 0 fully saturated rings. The van der Waals surface area contributed by atoms with Gasteiger partial charge in [0, 0.05) is 11.7 Å². The summed E-state index contributed by atoms with van der Waals surface area (Å²) in [5.41, 5.74) is 2.15. The SMILES string of the molecule is CCC(CC)NC(=O)Nc1cccc(C(C)(C)C)c1. The summed E-state index contributed by atoms with van der Waals surface area (Å²) >= 11 is 0. The lowest BCUT2D eigenvalue weighted by atomic mass is 9.87. The summed E-state index contributed by atoms with van der Waals surface area (Å²) in [6.45, 7) is 10.6. The Labute approximate surface area is 116 Å². The first-order chi connectivity index (χ1) is 8.86. The Balaban J connectivity index is 2.70. The largest absolute Gasteiger partial charge is 0.335 e. The van der Waals surface area contributed by atoms with Crippen LogP contribution in [0.15, 0.2) is 24.3 Å². The highest BCUT2D eigenvalue weighted by Crippen LogP contribution is 2.24. The Bertz CT molecular complexity index is 417. The van der Waals surface area contributed by atoms with Crippen molar-refractivity contribution in [2.75, 3.05) is 5.32 Å². The normalized spacial score (nSPS) is 11.5. The minimum atomic E-state index is -0.125. The number of carbonyl (C=O) groups is 1. The first kappa shape index (κ1) is 15.5. The summed E-state index contributed by atoms with van der Waals surface area (Å²) in [6, 6.07) is 8.14. The first-order valence-electron chi connectivity index (χ1n) is 7.04. The summed E-state index contributed by atoms with van der Waals surface area (Å²) in [5, 5.41) is 5.88. The summed E-state index contributed by atoms with van der Waals surface area (Å²) in [7, 11) is 0. The highest BCUT2D eigenvalue weighted by molar-refractivity contribution is 5.89. The lowest BCUT2D eigenvalue weighted by Gasteiger charge is -2.20. The van der Waals surface area contributed by atoms with Crippen LogP contribution in [0.1, 0.15) is 53.0 Å². The second-order valence-electron chi connectivity index (χ2n) is 5.94. The fraction of sp³-hybridized carbons (Fsp3) is 0.562. The van der Waals surface area contributed by atoms with E-state index in [0.717, 1.165) is 18.5 Å². The second kappa shape index (κ2) is 6.60. The molecule has 1 aromatic rings. The lowest BCUT2D eigenvalue weighted by Crippen LogP contribution is -2.37. The molecule has 0 bridgehead atoms. The van der Waals surface area contributed by atoms with Crippen LogP contribution >= 0.6 is 0 Å². The number of carbonyl (C=O) groups excluding carboxylic acids is 1. The third-order valence-electron chi connectivity index (χ3n) is 3.31. The smallest absolute Gasteiger partial charge is 0.319 e. The van der Waals surface area contributed by atoms with E-state index in [1.165, 1.54) is 5.56 Å². The number of urea groups is 1. The summed E-state index contributed by atoms with van der Waals surface area (Å²) in [4.78, 5) is 11.9. The molecule has 3 heteroatoms. The third-order valence-corrected chi connectivity index (χ3v) is 3.31. The van der Waals surface area contributed by atoms with Gasteiger partial charge in [0.25, 0.3) is 0 Å². The number of nitrogens with one attached hydrogen (secondary N) is 2. The molecule has 0 aliphatic carbocycles. The molecule has 19 heavy (non-hydrogen) atoms. The summed E-state index contributed by atoms with van der Waals surface area (Å²) < 4.78 is 0. The number of rotatable bonds is 4. The fourth-order valence-electron chi connectivity index (χ4n) is 1.91. The zero-order chi connectivity index (χ0) is 14.5. The molecule has 106 valence electrons. The van der Waals surface area contributed by atoms with Crippen LogP contribution in [-0.2, 0) is 5.41 Å². The van der Waals surface area contributed by atoms with E-state index < -0.39 is 0 Å². The number of hydrogen-bond donors (Lipinski definition) is 2. The lowest BCUT2D eigenvalue weighted by molar-refractivity contribution is 0.247. The predicted molar refractivity (Wildman–Crippen MR) is 81.7 cm³/mol. The van der Waals surface area contributed by atoms with Crippen molar-refractivity contribution in [3.63, 3.8) is 0 Å². The van der Waals surface area contributed by atoms with E-state index in [4.69, 9.17) is 0 Å². The standard InChI is InChI=1S/C16H26N2O/c1-6-13(7-2)17-15(19)18-14-10-8-9-12(11-14)16(3,4)5/h8-11,13H,6-7H2,1-5H3,(H2,17,18,19). The zero-order valence-electron chi connectivity index (χ0n) is 12.7. The van der Waals surface area contributed by atoms with Gasteiger partial charge in [0.1, 0.15) is 0 Å². The topological polar surface area (TPSA) is 41.1 Å². The first-order valence-corrected chi connectivity index (χ1v) is 7.04. The molecule has 0 saturated carbocycles. The summed E-state index contributed by atoms with van der Waals surface area (Å²) in [6.07, 6.45) is 1.90. The molecule has 0 atom stereocenters. The van der Waals surface area contributed by atoms with Crippen LogP contribution in [0.3, 0.4) is 0 Å². The third kappa shape index (κ3) is 4.93. The molecule has 0 aliphatic heterocycles. The van der Waals surface area contributed by atoms with Crippen LogP contribution in [-0.4, -0.2) is 12.1 Å². The molecule has 1 rings (SSSR count). The van der Waals surface area contributed by atoms with Crippen LogP contribution in [0.4, 0.5) is 10.5 Å². The molecule has 1 aromatic carbocycles. The molecule has 0 spiro atoms. The maximum Gasteiger partial charge on any atom is 0.319 e. The van der Waals surface area contributed by atoms with Gasteiger partial charge < -0.3 is 10.6 Å².